The smallest absolute Gasteiger partial charge is 0.240 e. The zero-order valence-corrected chi connectivity index (χ0v) is 15.7. The first-order valence-corrected chi connectivity index (χ1v) is 9.62. The number of aryl methyl sites for hydroxylation is 1. The van der Waals surface area contributed by atoms with Crippen LogP contribution in [0, 0.1) is 11.6 Å². The van der Waals surface area contributed by atoms with E-state index in [4.69, 9.17) is 0 Å². The van der Waals surface area contributed by atoms with Crippen LogP contribution in [0.4, 0.5) is 14.5 Å². The van der Waals surface area contributed by atoms with Gasteiger partial charge < -0.3 is 10.7 Å². The van der Waals surface area contributed by atoms with Crippen LogP contribution in [0.1, 0.15) is 24.4 Å². The van der Waals surface area contributed by atoms with Gasteiger partial charge in [-0.15, -0.1) is 10.2 Å². The molecule has 0 spiro atoms. The number of nitrogens with one attached hydrogen (secondary N) is 2. The van der Waals surface area contributed by atoms with Crippen LogP contribution >= 0.6 is 11.8 Å². The van der Waals surface area contributed by atoms with Crippen LogP contribution in [0.2, 0.25) is 0 Å². The highest BCUT2D eigenvalue weighted by Gasteiger charge is 2.37. The minimum atomic E-state index is -0.586. The van der Waals surface area contributed by atoms with Crippen molar-refractivity contribution in [3.05, 3.63) is 71.6 Å². The monoisotopic (exact) mass is 401 g/mol. The van der Waals surface area contributed by atoms with Crippen molar-refractivity contribution in [3.8, 4) is 0 Å². The number of aromatic nitrogens is 3. The number of halogens is 2. The Labute approximate surface area is 164 Å². The van der Waals surface area contributed by atoms with Crippen LogP contribution in [-0.4, -0.2) is 26.0 Å². The van der Waals surface area contributed by atoms with E-state index in [0.29, 0.717) is 17.3 Å². The molecule has 6 nitrogen and oxygen atoms in total. The summed E-state index contributed by atoms with van der Waals surface area (Å²) in [5, 5.41) is 11.1. The number of thioether (sulfide) groups is 1. The van der Waals surface area contributed by atoms with Gasteiger partial charge in [0.25, 0.3) is 0 Å². The molecule has 9 heteroatoms. The van der Waals surface area contributed by atoms with E-state index in [1.807, 2.05) is 6.92 Å². The molecule has 3 aromatic rings. The fourth-order valence-corrected chi connectivity index (χ4v) is 4.09. The number of rotatable bonds is 4. The second kappa shape index (κ2) is 7.59. The van der Waals surface area contributed by atoms with Gasteiger partial charge in [-0.05, 0) is 42.0 Å². The number of hydrogen-bond donors (Lipinski definition) is 2. The van der Waals surface area contributed by atoms with Crippen LogP contribution in [0.15, 0.2) is 53.7 Å². The summed E-state index contributed by atoms with van der Waals surface area (Å²) in [4.78, 5) is 13.0. The summed E-state index contributed by atoms with van der Waals surface area (Å²) in [6.45, 7) is 1.96. The van der Waals surface area contributed by atoms with Gasteiger partial charge in [-0.3, -0.25) is 4.79 Å². The van der Waals surface area contributed by atoms with Crippen molar-refractivity contribution in [1.29, 1.82) is 0 Å². The molecule has 0 aliphatic carbocycles. The molecule has 144 valence electrons. The maximum Gasteiger partial charge on any atom is 0.240 e. The van der Waals surface area contributed by atoms with Crippen LogP contribution in [-0.2, 0) is 11.2 Å². The molecule has 0 unspecified atom stereocenters. The molecule has 0 saturated heterocycles. The molecule has 0 radical (unpaired) electrons. The predicted molar refractivity (Wildman–Crippen MR) is 103 cm³/mol. The number of nitrogens with zero attached hydrogens (tertiary/aromatic N) is 3. The summed E-state index contributed by atoms with van der Waals surface area (Å²) in [6.07, 6.45) is 0.670. The van der Waals surface area contributed by atoms with Gasteiger partial charge in [0, 0.05) is 12.1 Å². The molecular weight excluding hydrogens is 384 g/mol. The first-order valence-electron chi connectivity index (χ1n) is 8.74. The van der Waals surface area contributed by atoms with E-state index in [1.165, 1.54) is 48.2 Å². The minimum Gasteiger partial charge on any atom is -0.325 e. The van der Waals surface area contributed by atoms with Crippen molar-refractivity contribution in [2.75, 3.05) is 10.7 Å². The molecule has 0 bridgehead atoms. The quantitative estimate of drug-likeness (QED) is 0.700. The van der Waals surface area contributed by atoms with Crippen molar-refractivity contribution in [2.24, 2.45) is 0 Å². The Hall–Kier alpha value is -2.94. The van der Waals surface area contributed by atoms with E-state index in [2.05, 4.69) is 20.9 Å². The van der Waals surface area contributed by atoms with E-state index in [-0.39, 0.29) is 17.5 Å². The molecule has 1 amide bonds. The highest BCUT2D eigenvalue weighted by atomic mass is 32.2. The Morgan fingerprint density at radius 2 is 1.75 bits per heavy atom. The second-order valence-corrected chi connectivity index (χ2v) is 7.39. The molecule has 2 aromatic carbocycles. The molecule has 2 heterocycles. The van der Waals surface area contributed by atoms with Crippen LogP contribution in [0.3, 0.4) is 0 Å². The average Bonchev–Trinajstić information content (AvgIpc) is 3.11. The number of anilines is 1. The van der Waals surface area contributed by atoms with Gasteiger partial charge in [-0.2, -0.15) is 0 Å². The van der Waals surface area contributed by atoms with Gasteiger partial charge in [-0.25, -0.2) is 13.5 Å². The largest absolute Gasteiger partial charge is 0.325 e. The molecule has 0 saturated carbocycles. The molecule has 1 aliphatic heterocycles. The zero-order chi connectivity index (χ0) is 19.7. The number of carbonyl (C=O) groups excluding carboxylic acids is 1. The summed E-state index contributed by atoms with van der Waals surface area (Å²) in [7, 11) is 0. The van der Waals surface area contributed by atoms with Gasteiger partial charge in [0.15, 0.2) is 5.82 Å². The van der Waals surface area contributed by atoms with Crippen molar-refractivity contribution < 1.29 is 13.6 Å². The highest BCUT2D eigenvalue weighted by Crippen LogP contribution is 2.37. The third kappa shape index (κ3) is 3.57. The van der Waals surface area contributed by atoms with E-state index in [0.717, 1.165) is 11.4 Å². The first-order chi connectivity index (χ1) is 13.5. The topological polar surface area (TPSA) is 71.8 Å². The third-order valence-electron chi connectivity index (χ3n) is 4.42. The van der Waals surface area contributed by atoms with E-state index in [9.17, 15) is 13.6 Å². The predicted octanol–water partition coefficient (Wildman–Crippen LogP) is 3.52. The van der Waals surface area contributed by atoms with Crippen LogP contribution in [0.25, 0.3) is 0 Å². The maximum atomic E-state index is 13.4. The lowest BCUT2D eigenvalue weighted by atomic mass is 10.0. The van der Waals surface area contributed by atoms with Gasteiger partial charge in [-0.1, -0.05) is 30.8 Å². The molecule has 2 atom stereocenters. The Kier molecular flexibility index (Phi) is 4.99. The third-order valence-corrected chi connectivity index (χ3v) is 5.63. The highest BCUT2D eigenvalue weighted by molar-refractivity contribution is 8.00. The van der Waals surface area contributed by atoms with Gasteiger partial charge >= 0.3 is 0 Å². The zero-order valence-electron chi connectivity index (χ0n) is 14.9. The molecular formula is C19H17F2N5OS. The van der Waals surface area contributed by atoms with Crippen LogP contribution in [0.5, 0.6) is 0 Å². The summed E-state index contributed by atoms with van der Waals surface area (Å²) >= 11 is 1.28. The van der Waals surface area contributed by atoms with E-state index < -0.39 is 11.3 Å². The van der Waals surface area contributed by atoms with Crippen molar-refractivity contribution in [3.63, 3.8) is 0 Å². The normalized spacial score (nSPS) is 18.2. The fraction of sp³-hybridized carbons (Fsp3) is 0.211. The number of benzene rings is 2. The number of amides is 1. The molecule has 1 aromatic heterocycles. The SMILES string of the molecule is CCc1nnc2n1N[C@H](c1ccc(F)cc1)[C@@H](C(=O)Nc1ccc(F)cc1)S2. The molecule has 28 heavy (non-hydrogen) atoms. The summed E-state index contributed by atoms with van der Waals surface area (Å²) < 4.78 is 28.3. The van der Waals surface area contributed by atoms with E-state index in [1.54, 1.807) is 16.8 Å². The van der Waals surface area contributed by atoms with Crippen molar-refractivity contribution in [1.82, 2.24) is 14.9 Å². The first kappa shape index (κ1) is 18.4. The minimum absolute atomic E-state index is 0.272. The van der Waals surface area contributed by atoms with Gasteiger partial charge in [0.1, 0.15) is 16.9 Å². The standard InChI is InChI=1S/C19H17F2N5OS/c1-2-15-23-24-19-26(15)25-16(11-3-5-12(20)6-4-11)17(28-19)18(27)22-14-9-7-13(21)8-10-14/h3-10,16-17,25H,2H2,1H3,(H,22,27)/t16-,17+/m1/s1. The summed E-state index contributed by atoms with van der Waals surface area (Å²) in [6, 6.07) is 11.1. The average molecular weight is 401 g/mol. The molecule has 4 rings (SSSR count). The molecule has 0 fully saturated rings. The van der Waals surface area contributed by atoms with E-state index >= 15 is 0 Å². The lowest BCUT2D eigenvalue weighted by Gasteiger charge is -2.33. The summed E-state index contributed by atoms with van der Waals surface area (Å²) in [5.74, 6) is -0.257. The molecule has 1 aliphatic rings. The fourth-order valence-electron chi connectivity index (χ4n) is 2.99. The Morgan fingerprint density at radius 3 is 2.39 bits per heavy atom. The number of carbonyl (C=O) groups is 1. The number of hydrogen-bond acceptors (Lipinski definition) is 5. The Bertz CT molecular complexity index is 991. The second-order valence-electron chi connectivity index (χ2n) is 6.28. The Balaban J connectivity index is 1.66. The van der Waals surface area contributed by atoms with Crippen LogP contribution < -0.4 is 10.7 Å². The Morgan fingerprint density at radius 1 is 1.11 bits per heavy atom. The summed E-state index contributed by atoms with van der Waals surface area (Å²) in [5.41, 5.74) is 4.54. The van der Waals surface area contributed by atoms with Crippen molar-refractivity contribution >= 4 is 23.4 Å². The molecule has 2 N–H and O–H groups in total. The lowest BCUT2D eigenvalue weighted by molar-refractivity contribution is -0.116. The van der Waals surface area contributed by atoms with Gasteiger partial charge in [0.2, 0.25) is 11.1 Å². The lowest BCUT2D eigenvalue weighted by Crippen LogP contribution is -2.41. The van der Waals surface area contributed by atoms with Crippen molar-refractivity contribution in [2.45, 2.75) is 29.8 Å². The number of fused-ring (bicyclic) bond motifs is 1. The maximum absolute atomic E-state index is 13.4. The van der Waals surface area contributed by atoms with Gasteiger partial charge in [0.05, 0.1) is 6.04 Å².